The summed E-state index contributed by atoms with van der Waals surface area (Å²) in [5.74, 6) is 0. The minimum absolute atomic E-state index is 0.0727. The summed E-state index contributed by atoms with van der Waals surface area (Å²) in [7, 11) is 0. The van der Waals surface area contributed by atoms with Crippen molar-refractivity contribution in [3.63, 3.8) is 0 Å². The molecule has 1 aliphatic rings. The fourth-order valence-corrected chi connectivity index (χ4v) is 3.02. The summed E-state index contributed by atoms with van der Waals surface area (Å²) in [5.41, 5.74) is 2.41. The van der Waals surface area contributed by atoms with Crippen LogP contribution in [0.4, 0.5) is 0 Å². The van der Waals surface area contributed by atoms with Crippen LogP contribution in [0.1, 0.15) is 49.8 Å². The highest BCUT2D eigenvalue weighted by Gasteiger charge is 2.29. The second-order valence-electron chi connectivity index (χ2n) is 5.18. The first-order chi connectivity index (χ1) is 8.77. The molecule has 0 spiro atoms. The number of nitriles is 1. The number of aryl methyl sites for hydroxylation is 1. The standard InChI is InChI=1S/C16H22N2/c1-3-14-9-6-7-11-18(14)16(12-17)15-10-5-4-8-13(15)2/h4-5,8,10,14,16H,3,6-7,9,11H2,1-2H3. The second kappa shape index (κ2) is 6.02. The van der Waals surface area contributed by atoms with Gasteiger partial charge in [0.1, 0.15) is 6.04 Å². The summed E-state index contributed by atoms with van der Waals surface area (Å²) in [4.78, 5) is 2.41. The minimum atomic E-state index is -0.0727. The van der Waals surface area contributed by atoms with E-state index < -0.39 is 0 Å². The third-order valence-electron chi connectivity index (χ3n) is 4.08. The van der Waals surface area contributed by atoms with Gasteiger partial charge in [-0.1, -0.05) is 37.6 Å². The summed E-state index contributed by atoms with van der Waals surface area (Å²) in [6.45, 7) is 5.39. The van der Waals surface area contributed by atoms with Crippen LogP contribution >= 0.6 is 0 Å². The molecule has 0 aromatic heterocycles. The van der Waals surface area contributed by atoms with E-state index in [0.29, 0.717) is 6.04 Å². The molecule has 18 heavy (non-hydrogen) atoms. The predicted octanol–water partition coefficient (Wildman–Crippen LogP) is 3.82. The summed E-state index contributed by atoms with van der Waals surface area (Å²) < 4.78 is 0. The van der Waals surface area contributed by atoms with Crippen molar-refractivity contribution in [1.82, 2.24) is 4.90 Å². The molecule has 2 unspecified atom stereocenters. The van der Waals surface area contributed by atoms with E-state index in [2.05, 4.69) is 36.9 Å². The Hall–Kier alpha value is -1.33. The van der Waals surface area contributed by atoms with Gasteiger partial charge in [-0.3, -0.25) is 4.90 Å². The van der Waals surface area contributed by atoms with Crippen LogP contribution in [0.15, 0.2) is 24.3 Å². The van der Waals surface area contributed by atoms with Crippen LogP contribution in [-0.2, 0) is 0 Å². The van der Waals surface area contributed by atoms with E-state index in [-0.39, 0.29) is 6.04 Å². The molecule has 2 heteroatoms. The second-order valence-corrected chi connectivity index (χ2v) is 5.18. The first-order valence-corrected chi connectivity index (χ1v) is 6.98. The van der Waals surface area contributed by atoms with Crippen molar-refractivity contribution in [2.24, 2.45) is 0 Å². The quantitative estimate of drug-likeness (QED) is 0.805. The lowest BCUT2D eigenvalue weighted by atomic mass is 9.93. The maximum Gasteiger partial charge on any atom is 0.124 e. The summed E-state index contributed by atoms with van der Waals surface area (Å²) in [6, 6.07) is 11.3. The molecule has 96 valence electrons. The lowest BCUT2D eigenvalue weighted by Gasteiger charge is -2.38. The van der Waals surface area contributed by atoms with Crippen LogP contribution in [0.5, 0.6) is 0 Å². The number of piperidine rings is 1. The monoisotopic (exact) mass is 242 g/mol. The highest BCUT2D eigenvalue weighted by atomic mass is 15.2. The molecule has 1 heterocycles. The summed E-state index contributed by atoms with van der Waals surface area (Å²) in [6.07, 6.45) is 4.91. The van der Waals surface area contributed by atoms with E-state index in [1.165, 1.54) is 30.4 Å². The van der Waals surface area contributed by atoms with Crippen molar-refractivity contribution in [2.45, 2.75) is 51.6 Å². The van der Waals surface area contributed by atoms with Gasteiger partial charge in [-0.2, -0.15) is 5.26 Å². The van der Waals surface area contributed by atoms with Gasteiger partial charge < -0.3 is 0 Å². The van der Waals surface area contributed by atoms with Crippen LogP contribution in [0.2, 0.25) is 0 Å². The zero-order valence-corrected chi connectivity index (χ0v) is 11.4. The Morgan fingerprint density at radius 2 is 2.17 bits per heavy atom. The van der Waals surface area contributed by atoms with E-state index in [4.69, 9.17) is 0 Å². The van der Waals surface area contributed by atoms with Gasteiger partial charge in [0.25, 0.3) is 0 Å². The molecule has 0 bridgehead atoms. The van der Waals surface area contributed by atoms with Gasteiger partial charge in [0, 0.05) is 12.6 Å². The zero-order valence-electron chi connectivity index (χ0n) is 11.4. The topological polar surface area (TPSA) is 27.0 Å². The molecule has 2 nitrogen and oxygen atoms in total. The zero-order chi connectivity index (χ0) is 13.0. The molecule has 0 N–H and O–H groups in total. The van der Waals surface area contributed by atoms with Crippen LogP contribution in [-0.4, -0.2) is 17.5 Å². The van der Waals surface area contributed by atoms with E-state index in [0.717, 1.165) is 13.0 Å². The molecular formula is C16H22N2. The van der Waals surface area contributed by atoms with Crippen molar-refractivity contribution in [2.75, 3.05) is 6.54 Å². The smallest absolute Gasteiger partial charge is 0.124 e. The first-order valence-electron chi connectivity index (χ1n) is 6.98. The molecule has 2 rings (SSSR count). The molecule has 0 aliphatic carbocycles. The molecular weight excluding hydrogens is 220 g/mol. The normalized spacial score (nSPS) is 22.4. The van der Waals surface area contributed by atoms with Gasteiger partial charge in [0.2, 0.25) is 0 Å². The van der Waals surface area contributed by atoms with Crippen molar-refractivity contribution in [1.29, 1.82) is 5.26 Å². The third-order valence-corrected chi connectivity index (χ3v) is 4.08. The Labute approximate surface area is 110 Å². The molecule has 1 aromatic carbocycles. The van der Waals surface area contributed by atoms with Crippen LogP contribution in [0.3, 0.4) is 0 Å². The minimum Gasteiger partial charge on any atom is -0.281 e. The number of benzene rings is 1. The van der Waals surface area contributed by atoms with Crippen LogP contribution in [0, 0.1) is 18.3 Å². The Balaban J connectivity index is 2.28. The maximum absolute atomic E-state index is 9.58. The van der Waals surface area contributed by atoms with Crippen molar-refractivity contribution in [3.8, 4) is 6.07 Å². The maximum atomic E-state index is 9.58. The van der Waals surface area contributed by atoms with Gasteiger partial charge in [0.05, 0.1) is 6.07 Å². The van der Waals surface area contributed by atoms with Crippen LogP contribution in [0.25, 0.3) is 0 Å². The molecule has 0 saturated carbocycles. The number of hydrogen-bond donors (Lipinski definition) is 0. The number of nitrogens with zero attached hydrogens (tertiary/aromatic N) is 2. The van der Waals surface area contributed by atoms with Crippen LogP contribution < -0.4 is 0 Å². The molecule has 0 radical (unpaired) electrons. The highest BCUT2D eigenvalue weighted by Crippen LogP contribution is 2.30. The van der Waals surface area contributed by atoms with Crippen molar-refractivity contribution >= 4 is 0 Å². The summed E-state index contributed by atoms with van der Waals surface area (Å²) >= 11 is 0. The molecule has 1 aromatic rings. The fraction of sp³-hybridized carbons (Fsp3) is 0.562. The first kappa shape index (κ1) is 13.1. The molecule has 0 amide bonds. The number of hydrogen-bond acceptors (Lipinski definition) is 2. The summed E-state index contributed by atoms with van der Waals surface area (Å²) in [5, 5.41) is 9.58. The molecule has 1 fully saturated rings. The number of likely N-dealkylation sites (tertiary alicyclic amines) is 1. The van der Waals surface area contributed by atoms with Gasteiger partial charge in [0.15, 0.2) is 0 Å². The fourth-order valence-electron chi connectivity index (χ4n) is 3.02. The Morgan fingerprint density at radius 1 is 1.39 bits per heavy atom. The lowest BCUT2D eigenvalue weighted by Crippen LogP contribution is -2.41. The Kier molecular flexibility index (Phi) is 4.38. The largest absolute Gasteiger partial charge is 0.281 e. The molecule has 1 saturated heterocycles. The Morgan fingerprint density at radius 3 is 2.83 bits per heavy atom. The van der Waals surface area contributed by atoms with Gasteiger partial charge in [-0.15, -0.1) is 0 Å². The SMILES string of the molecule is CCC1CCCCN1C(C#N)c1ccccc1C. The average molecular weight is 242 g/mol. The van der Waals surface area contributed by atoms with Gasteiger partial charge in [-0.25, -0.2) is 0 Å². The van der Waals surface area contributed by atoms with Gasteiger partial charge >= 0.3 is 0 Å². The third kappa shape index (κ3) is 2.57. The number of rotatable bonds is 3. The van der Waals surface area contributed by atoms with E-state index in [9.17, 15) is 5.26 Å². The molecule has 2 atom stereocenters. The average Bonchev–Trinajstić information content (AvgIpc) is 2.42. The predicted molar refractivity (Wildman–Crippen MR) is 74.2 cm³/mol. The lowest BCUT2D eigenvalue weighted by molar-refractivity contribution is 0.116. The van der Waals surface area contributed by atoms with Crippen molar-refractivity contribution < 1.29 is 0 Å². The van der Waals surface area contributed by atoms with Crippen molar-refractivity contribution in [3.05, 3.63) is 35.4 Å². The highest BCUT2D eigenvalue weighted by molar-refractivity contribution is 5.32. The van der Waals surface area contributed by atoms with E-state index >= 15 is 0 Å². The van der Waals surface area contributed by atoms with Gasteiger partial charge in [-0.05, 0) is 37.3 Å². The Bertz CT molecular complexity index is 433. The van der Waals surface area contributed by atoms with E-state index in [1.807, 2.05) is 12.1 Å². The molecule has 1 aliphatic heterocycles. The van der Waals surface area contributed by atoms with E-state index in [1.54, 1.807) is 0 Å².